The summed E-state index contributed by atoms with van der Waals surface area (Å²) in [6, 6.07) is 7.78. The Morgan fingerprint density at radius 2 is 2.03 bits per heavy atom. The van der Waals surface area contributed by atoms with Crippen LogP contribution in [0.5, 0.6) is 5.75 Å². The van der Waals surface area contributed by atoms with Gasteiger partial charge in [0.2, 0.25) is 10.0 Å². The van der Waals surface area contributed by atoms with E-state index in [2.05, 4.69) is 33.6 Å². The SMILES string of the molecule is CCNC(=NCCc1ccc(C)c(OC)c1)N1CCN(S(=O)(=O)Cc2ccon2)CC1. The molecule has 10 heteroatoms. The van der Waals surface area contributed by atoms with Crippen LogP contribution in [0.25, 0.3) is 0 Å². The van der Waals surface area contributed by atoms with Crippen LogP contribution in [0.4, 0.5) is 0 Å². The molecule has 0 bridgehead atoms. The molecule has 1 aliphatic heterocycles. The van der Waals surface area contributed by atoms with Crippen LogP contribution in [0.2, 0.25) is 0 Å². The van der Waals surface area contributed by atoms with Crippen LogP contribution in [0.1, 0.15) is 23.7 Å². The lowest BCUT2D eigenvalue weighted by atomic mass is 10.1. The molecule has 0 saturated carbocycles. The third-order valence-electron chi connectivity index (χ3n) is 5.22. The number of ether oxygens (including phenoxy) is 1. The molecule has 2 heterocycles. The van der Waals surface area contributed by atoms with Gasteiger partial charge in [-0.25, -0.2) is 8.42 Å². The van der Waals surface area contributed by atoms with Crippen LogP contribution in [0.3, 0.4) is 0 Å². The van der Waals surface area contributed by atoms with Crippen LogP contribution in [0.15, 0.2) is 40.0 Å². The lowest BCUT2D eigenvalue weighted by molar-refractivity contribution is 0.260. The Bertz CT molecular complexity index is 968. The first-order valence-electron chi connectivity index (χ1n) is 10.5. The third-order valence-corrected chi connectivity index (χ3v) is 7.04. The van der Waals surface area contributed by atoms with E-state index in [0.717, 1.165) is 30.2 Å². The normalized spacial score (nSPS) is 15.8. The fourth-order valence-corrected chi connectivity index (χ4v) is 4.93. The summed E-state index contributed by atoms with van der Waals surface area (Å²) < 4.78 is 36.9. The number of aromatic nitrogens is 1. The molecular formula is C21H31N5O4S. The van der Waals surface area contributed by atoms with Crippen LogP contribution in [-0.2, 0) is 22.2 Å². The molecule has 1 fully saturated rings. The Kier molecular flexibility index (Phi) is 7.91. The van der Waals surface area contributed by atoms with Crippen molar-refractivity contribution in [3.05, 3.63) is 47.3 Å². The Labute approximate surface area is 184 Å². The zero-order chi connectivity index (χ0) is 22.3. The highest BCUT2D eigenvalue weighted by Crippen LogP contribution is 2.19. The van der Waals surface area contributed by atoms with Crippen molar-refractivity contribution in [3.8, 4) is 5.75 Å². The predicted molar refractivity (Wildman–Crippen MR) is 120 cm³/mol. The van der Waals surface area contributed by atoms with Gasteiger partial charge in [-0.1, -0.05) is 17.3 Å². The first-order chi connectivity index (χ1) is 14.9. The maximum Gasteiger partial charge on any atom is 0.220 e. The number of methoxy groups -OCH3 is 1. The van der Waals surface area contributed by atoms with Crippen molar-refractivity contribution in [2.24, 2.45) is 4.99 Å². The number of rotatable bonds is 8. The average Bonchev–Trinajstić information content (AvgIpc) is 3.26. The molecule has 2 aromatic rings. The van der Waals surface area contributed by atoms with E-state index in [-0.39, 0.29) is 5.75 Å². The second kappa shape index (κ2) is 10.6. The van der Waals surface area contributed by atoms with E-state index < -0.39 is 10.0 Å². The van der Waals surface area contributed by atoms with Gasteiger partial charge in [0.15, 0.2) is 5.96 Å². The van der Waals surface area contributed by atoms with Gasteiger partial charge in [-0.2, -0.15) is 4.31 Å². The van der Waals surface area contributed by atoms with Crippen molar-refractivity contribution in [2.75, 3.05) is 46.4 Å². The number of hydrogen-bond acceptors (Lipinski definition) is 6. The minimum atomic E-state index is -3.42. The Morgan fingerprint density at radius 1 is 1.26 bits per heavy atom. The lowest BCUT2D eigenvalue weighted by Crippen LogP contribution is -2.54. The number of guanidine groups is 1. The summed E-state index contributed by atoms with van der Waals surface area (Å²) in [4.78, 5) is 6.87. The predicted octanol–water partition coefficient (Wildman–Crippen LogP) is 1.65. The van der Waals surface area contributed by atoms with Crippen LogP contribution in [0, 0.1) is 6.92 Å². The van der Waals surface area contributed by atoms with E-state index in [1.165, 1.54) is 16.1 Å². The number of sulfonamides is 1. The highest BCUT2D eigenvalue weighted by molar-refractivity contribution is 7.88. The molecule has 1 aromatic heterocycles. The number of aryl methyl sites for hydroxylation is 1. The second-order valence-corrected chi connectivity index (χ2v) is 9.39. The number of benzene rings is 1. The van der Waals surface area contributed by atoms with Crippen LogP contribution < -0.4 is 10.1 Å². The molecule has 1 N–H and O–H groups in total. The van der Waals surface area contributed by atoms with E-state index in [1.807, 2.05) is 13.8 Å². The Balaban J connectivity index is 1.57. The van der Waals surface area contributed by atoms with Crippen molar-refractivity contribution in [2.45, 2.75) is 26.0 Å². The molecule has 0 aliphatic carbocycles. The van der Waals surface area contributed by atoms with E-state index in [9.17, 15) is 8.42 Å². The summed E-state index contributed by atoms with van der Waals surface area (Å²) in [6.45, 7) is 7.44. The molecule has 0 radical (unpaired) electrons. The van der Waals surface area contributed by atoms with Gasteiger partial charge in [-0.05, 0) is 37.5 Å². The third kappa shape index (κ3) is 6.20. The summed E-state index contributed by atoms with van der Waals surface area (Å²) in [5.74, 6) is 1.56. The maximum atomic E-state index is 12.6. The molecule has 0 amide bonds. The second-order valence-electron chi connectivity index (χ2n) is 7.42. The van der Waals surface area contributed by atoms with Crippen molar-refractivity contribution in [1.29, 1.82) is 0 Å². The van der Waals surface area contributed by atoms with Gasteiger partial charge in [0.05, 0.1) is 12.8 Å². The van der Waals surface area contributed by atoms with Gasteiger partial charge in [-0.15, -0.1) is 0 Å². The van der Waals surface area contributed by atoms with Crippen molar-refractivity contribution < 1.29 is 17.7 Å². The standard InChI is InChI=1S/C21H31N5O4S/c1-4-22-21(23-9-7-18-6-5-17(2)20(15-18)29-3)25-10-12-26(13-11-25)31(27,28)16-19-8-14-30-24-19/h5-6,8,14-15H,4,7,9-13,16H2,1-3H3,(H,22,23). The quantitative estimate of drug-likeness (QED) is 0.483. The van der Waals surface area contributed by atoms with Gasteiger partial charge < -0.3 is 19.5 Å². The average molecular weight is 450 g/mol. The van der Waals surface area contributed by atoms with Gasteiger partial charge in [0.1, 0.15) is 17.8 Å². The molecule has 31 heavy (non-hydrogen) atoms. The monoisotopic (exact) mass is 449 g/mol. The van der Waals surface area contributed by atoms with Gasteiger partial charge in [-0.3, -0.25) is 4.99 Å². The van der Waals surface area contributed by atoms with Gasteiger partial charge in [0, 0.05) is 45.3 Å². The van der Waals surface area contributed by atoms with Crippen molar-refractivity contribution >= 4 is 16.0 Å². The summed E-state index contributed by atoms with van der Waals surface area (Å²) in [7, 11) is -1.74. The Hall–Kier alpha value is -2.59. The number of hydrogen-bond donors (Lipinski definition) is 1. The highest BCUT2D eigenvalue weighted by Gasteiger charge is 2.28. The number of piperazine rings is 1. The first kappa shape index (κ1) is 23.1. The van der Waals surface area contributed by atoms with Gasteiger partial charge in [0.25, 0.3) is 0 Å². The summed E-state index contributed by atoms with van der Waals surface area (Å²) in [6.07, 6.45) is 2.19. The van der Waals surface area contributed by atoms with E-state index in [4.69, 9.17) is 14.3 Å². The summed E-state index contributed by atoms with van der Waals surface area (Å²) in [5.41, 5.74) is 2.70. The number of aliphatic imine (C=N–C) groups is 1. The minimum absolute atomic E-state index is 0.141. The van der Waals surface area contributed by atoms with Crippen LogP contribution in [-0.4, -0.2) is 75.1 Å². The number of nitrogens with zero attached hydrogens (tertiary/aromatic N) is 4. The van der Waals surface area contributed by atoms with E-state index in [1.54, 1.807) is 13.2 Å². The molecular weight excluding hydrogens is 418 g/mol. The molecule has 0 spiro atoms. The molecule has 9 nitrogen and oxygen atoms in total. The Morgan fingerprint density at radius 3 is 2.68 bits per heavy atom. The molecule has 1 aromatic carbocycles. The maximum absolute atomic E-state index is 12.6. The molecule has 0 atom stereocenters. The molecule has 3 rings (SSSR count). The zero-order valence-electron chi connectivity index (χ0n) is 18.4. The topological polar surface area (TPSA) is 100 Å². The number of nitrogens with one attached hydrogen (secondary N) is 1. The summed E-state index contributed by atoms with van der Waals surface area (Å²) in [5, 5.41) is 7.03. The van der Waals surface area contributed by atoms with Crippen LogP contribution >= 0.6 is 0 Å². The largest absolute Gasteiger partial charge is 0.496 e. The molecule has 0 unspecified atom stereocenters. The van der Waals surface area contributed by atoms with Crippen molar-refractivity contribution in [1.82, 2.24) is 19.7 Å². The van der Waals surface area contributed by atoms with E-state index in [0.29, 0.717) is 38.4 Å². The molecule has 170 valence electrons. The molecule has 1 aliphatic rings. The highest BCUT2D eigenvalue weighted by atomic mass is 32.2. The minimum Gasteiger partial charge on any atom is -0.496 e. The van der Waals surface area contributed by atoms with E-state index >= 15 is 0 Å². The van der Waals surface area contributed by atoms with Crippen molar-refractivity contribution in [3.63, 3.8) is 0 Å². The fourth-order valence-electron chi connectivity index (χ4n) is 3.50. The molecule has 1 saturated heterocycles. The lowest BCUT2D eigenvalue weighted by Gasteiger charge is -2.35. The summed E-state index contributed by atoms with van der Waals surface area (Å²) >= 11 is 0. The smallest absolute Gasteiger partial charge is 0.220 e. The zero-order valence-corrected chi connectivity index (χ0v) is 19.2. The first-order valence-corrected chi connectivity index (χ1v) is 12.1. The van der Waals surface area contributed by atoms with Gasteiger partial charge >= 0.3 is 0 Å². The fraction of sp³-hybridized carbons (Fsp3) is 0.524.